The van der Waals surface area contributed by atoms with Gasteiger partial charge in [0.15, 0.2) is 0 Å². The first kappa shape index (κ1) is 14.0. The van der Waals surface area contributed by atoms with Crippen molar-refractivity contribution in [1.82, 2.24) is 5.32 Å². The first-order chi connectivity index (χ1) is 8.83. The average molecular weight is 274 g/mol. The van der Waals surface area contributed by atoms with Crippen LogP contribution in [0.25, 0.3) is 0 Å². The number of halogens is 3. The molecule has 0 saturated carbocycles. The Morgan fingerprint density at radius 1 is 1.11 bits per heavy atom. The molecule has 1 aromatic rings. The molecule has 2 atom stereocenters. The van der Waals surface area contributed by atoms with Gasteiger partial charge in [0.25, 0.3) is 0 Å². The minimum atomic E-state index is -4.64. The third-order valence-corrected chi connectivity index (χ3v) is 2.99. The number of piperazine rings is 1. The van der Waals surface area contributed by atoms with Gasteiger partial charge in [-0.2, -0.15) is 0 Å². The molecule has 19 heavy (non-hydrogen) atoms. The summed E-state index contributed by atoms with van der Waals surface area (Å²) >= 11 is 0. The van der Waals surface area contributed by atoms with Gasteiger partial charge in [-0.1, -0.05) is 0 Å². The number of alkyl halides is 3. The van der Waals surface area contributed by atoms with Gasteiger partial charge < -0.3 is 15.0 Å². The molecule has 2 rings (SSSR count). The fraction of sp³-hybridized carbons (Fsp3) is 0.538. The highest BCUT2D eigenvalue weighted by molar-refractivity contribution is 5.49. The minimum Gasteiger partial charge on any atom is -0.406 e. The Hall–Kier alpha value is -1.43. The normalized spacial score (nSPS) is 24.4. The second kappa shape index (κ2) is 5.28. The molecule has 1 aromatic carbocycles. The van der Waals surface area contributed by atoms with E-state index >= 15 is 0 Å². The van der Waals surface area contributed by atoms with Gasteiger partial charge in [0.2, 0.25) is 0 Å². The van der Waals surface area contributed by atoms with E-state index in [4.69, 9.17) is 0 Å². The first-order valence-electron chi connectivity index (χ1n) is 6.20. The third kappa shape index (κ3) is 4.02. The van der Waals surface area contributed by atoms with Crippen molar-refractivity contribution in [2.75, 3.05) is 18.0 Å². The highest BCUT2D eigenvalue weighted by Gasteiger charge is 2.31. The maximum absolute atomic E-state index is 12.1. The lowest BCUT2D eigenvalue weighted by molar-refractivity contribution is -0.274. The van der Waals surface area contributed by atoms with Crippen LogP contribution in [0.15, 0.2) is 24.3 Å². The molecule has 6 heteroatoms. The SMILES string of the molecule is C[C@@H]1CN(c2ccc(OC(F)(F)F)cc2)C[C@H](C)N1. The second-order valence-electron chi connectivity index (χ2n) is 4.92. The average Bonchev–Trinajstić information content (AvgIpc) is 2.26. The zero-order valence-corrected chi connectivity index (χ0v) is 10.9. The van der Waals surface area contributed by atoms with Gasteiger partial charge in [-0.25, -0.2) is 0 Å². The van der Waals surface area contributed by atoms with Crippen molar-refractivity contribution in [2.45, 2.75) is 32.3 Å². The van der Waals surface area contributed by atoms with Gasteiger partial charge >= 0.3 is 6.36 Å². The van der Waals surface area contributed by atoms with Crippen LogP contribution in [0.3, 0.4) is 0 Å². The van der Waals surface area contributed by atoms with Gasteiger partial charge in [-0.15, -0.1) is 13.2 Å². The van der Waals surface area contributed by atoms with Crippen LogP contribution in [0.4, 0.5) is 18.9 Å². The Morgan fingerprint density at radius 3 is 2.11 bits per heavy atom. The van der Waals surface area contributed by atoms with Crippen molar-refractivity contribution in [3.05, 3.63) is 24.3 Å². The molecule has 0 spiro atoms. The smallest absolute Gasteiger partial charge is 0.406 e. The maximum atomic E-state index is 12.1. The number of nitrogens with zero attached hydrogens (tertiary/aromatic N) is 1. The summed E-state index contributed by atoms with van der Waals surface area (Å²) in [7, 11) is 0. The van der Waals surface area contributed by atoms with E-state index in [1.165, 1.54) is 12.1 Å². The fourth-order valence-corrected chi connectivity index (χ4v) is 2.40. The van der Waals surface area contributed by atoms with Crippen LogP contribution < -0.4 is 15.0 Å². The van der Waals surface area contributed by atoms with Gasteiger partial charge in [0.1, 0.15) is 5.75 Å². The molecule has 1 heterocycles. The van der Waals surface area contributed by atoms with Crippen LogP contribution in [-0.4, -0.2) is 31.5 Å². The summed E-state index contributed by atoms with van der Waals surface area (Å²) in [6, 6.07) is 6.72. The van der Waals surface area contributed by atoms with E-state index in [-0.39, 0.29) is 5.75 Å². The van der Waals surface area contributed by atoms with Crippen LogP contribution in [0.5, 0.6) is 5.75 Å². The number of hydrogen-bond acceptors (Lipinski definition) is 3. The predicted molar refractivity (Wildman–Crippen MR) is 67.4 cm³/mol. The molecule has 1 fully saturated rings. The van der Waals surface area contributed by atoms with Crippen LogP contribution in [-0.2, 0) is 0 Å². The van der Waals surface area contributed by atoms with Crippen molar-refractivity contribution >= 4 is 5.69 Å². The summed E-state index contributed by atoms with van der Waals surface area (Å²) in [5, 5.41) is 3.41. The highest BCUT2D eigenvalue weighted by Crippen LogP contribution is 2.26. The fourth-order valence-electron chi connectivity index (χ4n) is 2.40. The maximum Gasteiger partial charge on any atom is 0.573 e. The highest BCUT2D eigenvalue weighted by atomic mass is 19.4. The Balaban J connectivity index is 2.05. The van der Waals surface area contributed by atoms with Crippen LogP contribution in [0, 0.1) is 0 Å². The van der Waals surface area contributed by atoms with Crippen LogP contribution >= 0.6 is 0 Å². The standard InChI is InChI=1S/C13H17F3N2O/c1-9-7-18(8-10(2)17-9)11-3-5-12(6-4-11)19-13(14,15)16/h3-6,9-10,17H,7-8H2,1-2H3/t9-,10+. The quantitative estimate of drug-likeness (QED) is 0.897. The number of nitrogens with one attached hydrogen (secondary N) is 1. The van der Waals surface area contributed by atoms with E-state index in [0.29, 0.717) is 12.1 Å². The van der Waals surface area contributed by atoms with E-state index in [9.17, 15) is 13.2 Å². The van der Waals surface area contributed by atoms with Gasteiger partial charge in [-0.05, 0) is 38.1 Å². The van der Waals surface area contributed by atoms with Crippen molar-refractivity contribution in [1.29, 1.82) is 0 Å². The number of anilines is 1. The molecule has 0 aliphatic carbocycles. The van der Waals surface area contributed by atoms with Gasteiger partial charge in [-0.3, -0.25) is 0 Å². The molecule has 1 N–H and O–H groups in total. The zero-order valence-electron chi connectivity index (χ0n) is 10.9. The van der Waals surface area contributed by atoms with Crippen LogP contribution in [0.2, 0.25) is 0 Å². The summed E-state index contributed by atoms with van der Waals surface area (Å²) in [6.45, 7) is 5.85. The molecule has 0 aromatic heterocycles. The predicted octanol–water partition coefficient (Wildman–Crippen LogP) is 2.77. The lowest BCUT2D eigenvalue weighted by Gasteiger charge is -2.37. The molecule has 1 aliphatic heterocycles. The molecule has 0 amide bonds. The number of hydrogen-bond donors (Lipinski definition) is 1. The summed E-state index contributed by atoms with van der Waals surface area (Å²) in [4.78, 5) is 2.16. The Kier molecular flexibility index (Phi) is 3.89. The summed E-state index contributed by atoms with van der Waals surface area (Å²) in [6.07, 6.45) is -4.64. The topological polar surface area (TPSA) is 24.5 Å². The van der Waals surface area contributed by atoms with E-state index in [1.807, 2.05) is 0 Å². The monoisotopic (exact) mass is 274 g/mol. The lowest BCUT2D eigenvalue weighted by atomic mass is 10.1. The summed E-state index contributed by atoms with van der Waals surface area (Å²) < 4.78 is 40.0. The molecule has 0 unspecified atom stereocenters. The van der Waals surface area contributed by atoms with E-state index in [1.54, 1.807) is 12.1 Å². The molecule has 106 valence electrons. The Morgan fingerprint density at radius 2 is 1.63 bits per heavy atom. The minimum absolute atomic E-state index is 0.188. The molecule has 1 saturated heterocycles. The number of ether oxygens (including phenoxy) is 1. The molecule has 1 aliphatic rings. The van der Waals surface area contributed by atoms with Gasteiger partial charge in [0, 0.05) is 30.9 Å². The zero-order chi connectivity index (χ0) is 14.0. The number of rotatable bonds is 2. The van der Waals surface area contributed by atoms with Crippen molar-refractivity contribution < 1.29 is 17.9 Å². The number of benzene rings is 1. The summed E-state index contributed by atoms with van der Waals surface area (Å²) in [5.74, 6) is -0.188. The van der Waals surface area contributed by atoms with Gasteiger partial charge in [0.05, 0.1) is 0 Å². The first-order valence-corrected chi connectivity index (χ1v) is 6.20. The Bertz CT molecular complexity index is 409. The Labute approximate surface area is 110 Å². The van der Waals surface area contributed by atoms with Crippen molar-refractivity contribution in [3.8, 4) is 5.75 Å². The van der Waals surface area contributed by atoms with Crippen LogP contribution in [0.1, 0.15) is 13.8 Å². The molecular formula is C13H17F3N2O. The second-order valence-corrected chi connectivity index (χ2v) is 4.92. The van der Waals surface area contributed by atoms with E-state index in [2.05, 4.69) is 28.8 Å². The molecule has 3 nitrogen and oxygen atoms in total. The third-order valence-electron chi connectivity index (χ3n) is 2.99. The summed E-state index contributed by atoms with van der Waals surface area (Å²) in [5.41, 5.74) is 0.912. The molecule has 0 bridgehead atoms. The van der Waals surface area contributed by atoms with E-state index < -0.39 is 6.36 Å². The lowest BCUT2D eigenvalue weighted by Crippen LogP contribution is -2.54. The largest absolute Gasteiger partial charge is 0.573 e. The van der Waals surface area contributed by atoms with Crippen molar-refractivity contribution in [2.24, 2.45) is 0 Å². The van der Waals surface area contributed by atoms with Crippen molar-refractivity contribution in [3.63, 3.8) is 0 Å². The molecule has 0 radical (unpaired) electrons. The molecular weight excluding hydrogens is 257 g/mol. The van der Waals surface area contributed by atoms with E-state index in [0.717, 1.165) is 18.8 Å².